The number of carbonyl (C=O) groups is 1. The van der Waals surface area contributed by atoms with Crippen LogP contribution in [0.2, 0.25) is 0 Å². The summed E-state index contributed by atoms with van der Waals surface area (Å²) in [6.45, 7) is 1.91. The molecule has 0 saturated heterocycles. The molecule has 0 bridgehead atoms. The van der Waals surface area contributed by atoms with Crippen LogP contribution in [0.5, 0.6) is 0 Å². The van der Waals surface area contributed by atoms with Crippen LogP contribution in [-0.4, -0.2) is 29.3 Å². The molecule has 0 spiro atoms. The van der Waals surface area contributed by atoms with Gasteiger partial charge in [0.25, 0.3) is 0 Å². The zero-order chi connectivity index (χ0) is 15.8. The molecule has 0 aromatic carbocycles. The first kappa shape index (κ1) is 15.8. The molecule has 2 aromatic rings. The average molecular weight is 377 g/mol. The molecule has 0 radical (unpaired) electrons. The first-order valence-electron chi connectivity index (χ1n) is 6.02. The summed E-state index contributed by atoms with van der Waals surface area (Å²) in [6.07, 6.45) is 0.665. The topological polar surface area (TPSA) is 102 Å². The number of furan rings is 1. The van der Waals surface area contributed by atoms with Crippen molar-refractivity contribution in [1.82, 2.24) is 9.78 Å². The number of aryl methyl sites for hydroxylation is 2. The fourth-order valence-corrected chi connectivity index (χ4v) is 4.10. The highest BCUT2D eigenvalue weighted by Crippen LogP contribution is 2.26. The van der Waals surface area contributed by atoms with Crippen molar-refractivity contribution in [3.8, 4) is 0 Å². The van der Waals surface area contributed by atoms with Crippen LogP contribution in [0.3, 0.4) is 0 Å². The first-order valence-corrected chi connectivity index (χ1v) is 8.47. The van der Waals surface area contributed by atoms with Crippen LogP contribution < -0.4 is 0 Å². The number of aromatic nitrogens is 2. The van der Waals surface area contributed by atoms with Gasteiger partial charge in [0.15, 0.2) is 0 Å². The summed E-state index contributed by atoms with van der Waals surface area (Å²) in [5.41, 5.74) is 1.24. The Morgan fingerprint density at radius 2 is 2.14 bits per heavy atom. The van der Waals surface area contributed by atoms with Gasteiger partial charge in [0, 0.05) is 7.05 Å². The zero-order valence-electron chi connectivity index (χ0n) is 11.3. The van der Waals surface area contributed by atoms with Gasteiger partial charge in [-0.1, -0.05) is 6.92 Å². The van der Waals surface area contributed by atoms with E-state index in [4.69, 9.17) is 9.52 Å². The van der Waals surface area contributed by atoms with Gasteiger partial charge in [-0.15, -0.1) is 0 Å². The highest BCUT2D eigenvalue weighted by molar-refractivity contribution is 9.10. The number of carboxylic acids is 1. The summed E-state index contributed by atoms with van der Waals surface area (Å²) in [5, 5.41) is 12.6. The maximum atomic E-state index is 12.3. The molecule has 2 heterocycles. The molecular weight excluding hydrogens is 364 g/mol. The molecular formula is C12H13BrN2O5S. The number of nitrogens with zero attached hydrogens (tertiary/aromatic N) is 2. The molecule has 0 saturated carbocycles. The molecule has 114 valence electrons. The predicted molar refractivity (Wildman–Crippen MR) is 76.8 cm³/mol. The summed E-state index contributed by atoms with van der Waals surface area (Å²) >= 11 is 3.34. The highest BCUT2D eigenvalue weighted by atomic mass is 79.9. The Kier molecular flexibility index (Phi) is 4.24. The smallest absolute Gasteiger partial charge is 0.371 e. The molecule has 9 heteroatoms. The Morgan fingerprint density at radius 1 is 1.48 bits per heavy atom. The van der Waals surface area contributed by atoms with E-state index < -0.39 is 21.6 Å². The number of halogens is 1. The second-order valence-electron chi connectivity index (χ2n) is 4.37. The zero-order valence-corrected chi connectivity index (χ0v) is 13.7. The molecule has 0 unspecified atom stereocenters. The summed E-state index contributed by atoms with van der Waals surface area (Å²) in [5.74, 6) is -2.05. The van der Waals surface area contributed by atoms with E-state index in [1.165, 1.54) is 4.68 Å². The van der Waals surface area contributed by atoms with Crippen molar-refractivity contribution in [2.45, 2.75) is 24.2 Å². The first-order chi connectivity index (χ1) is 9.76. The SMILES string of the molecule is CCc1nn(C)c(CS(=O)(=O)c2ccc(C(=O)O)o2)c1Br. The molecule has 0 atom stereocenters. The standard InChI is InChI=1S/C12H13BrN2O5S/c1-3-7-11(13)8(15(2)14-7)6-21(18,19)10-5-4-9(20-10)12(16)17/h4-5H,3,6H2,1-2H3,(H,16,17). The number of hydrogen-bond acceptors (Lipinski definition) is 5. The van der Waals surface area contributed by atoms with Crippen molar-refractivity contribution in [2.24, 2.45) is 7.05 Å². The maximum absolute atomic E-state index is 12.3. The minimum atomic E-state index is -3.79. The molecule has 21 heavy (non-hydrogen) atoms. The lowest BCUT2D eigenvalue weighted by atomic mass is 10.3. The van der Waals surface area contributed by atoms with E-state index in [-0.39, 0.29) is 10.8 Å². The number of aromatic carboxylic acids is 1. The van der Waals surface area contributed by atoms with Gasteiger partial charge < -0.3 is 9.52 Å². The average Bonchev–Trinajstić information content (AvgIpc) is 2.99. The Labute approximate surface area is 129 Å². The van der Waals surface area contributed by atoms with Crippen molar-refractivity contribution in [3.05, 3.63) is 33.8 Å². The predicted octanol–water partition coefficient (Wildman–Crippen LogP) is 2.01. The van der Waals surface area contributed by atoms with Crippen molar-refractivity contribution < 1.29 is 22.7 Å². The second-order valence-corrected chi connectivity index (χ2v) is 7.08. The largest absolute Gasteiger partial charge is 0.475 e. The van der Waals surface area contributed by atoms with Crippen LogP contribution >= 0.6 is 15.9 Å². The van der Waals surface area contributed by atoms with E-state index >= 15 is 0 Å². The van der Waals surface area contributed by atoms with Crippen LogP contribution in [0.1, 0.15) is 28.9 Å². The number of carboxylic acid groups (broad SMARTS) is 1. The van der Waals surface area contributed by atoms with Crippen molar-refractivity contribution >= 4 is 31.7 Å². The van der Waals surface area contributed by atoms with Gasteiger partial charge in [0.1, 0.15) is 5.75 Å². The lowest BCUT2D eigenvalue weighted by Crippen LogP contribution is -2.08. The fraction of sp³-hybridized carbons (Fsp3) is 0.333. The van der Waals surface area contributed by atoms with E-state index in [0.29, 0.717) is 16.6 Å². The Hall–Kier alpha value is -1.61. The summed E-state index contributed by atoms with van der Waals surface area (Å²) in [6, 6.07) is 2.26. The maximum Gasteiger partial charge on any atom is 0.371 e. The molecule has 0 aliphatic carbocycles. The van der Waals surface area contributed by atoms with E-state index in [0.717, 1.165) is 17.8 Å². The normalized spacial score (nSPS) is 11.8. The molecule has 2 aromatic heterocycles. The van der Waals surface area contributed by atoms with Crippen molar-refractivity contribution in [1.29, 1.82) is 0 Å². The van der Waals surface area contributed by atoms with Crippen molar-refractivity contribution in [3.63, 3.8) is 0 Å². The quantitative estimate of drug-likeness (QED) is 0.855. The molecule has 0 aliphatic heterocycles. The number of sulfone groups is 1. The van der Waals surface area contributed by atoms with Gasteiger partial charge in [-0.25, -0.2) is 13.2 Å². The van der Waals surface area contributed by atoms with E-state index in [1.807, 2.05) is 6.92 Å². The Bertz CT molecular complexity index is 791. The van der Waals surface area contributed by atoms with Crippen LogP contribution in [0.15, 0.2) is 26.1 Å². The van der Waals surface area contributed by atoms with E-state index in [1.54, 1.807) is 7.05 Å². The monoisotopic (exact) mass is 376 g/mol. The van der Waals surface area contributed by atoms with Gasteiger partial charge in [-0.3, -0.25) is 4.68 Å². The van der Waals surface area contributed by atoms with Gasteiger partial charge in [0.2, 0.25) is 20.7 Å². The van der Waals surface area contributed by atoms with Crippen molar-refractivity contribution in [2.75, 3.05) is 0 Å². The van der Waals surface area contributed by atoms with Crippen LogP contribution in [-0.2, 0) is 29.1 Å². The summed E-state index contributed by atoms with van der Waals surface area (Å²) in [4.78, 5) is 10.7. The third-order valence-corrected chi connectivity index (χ3v) is 5.33. The minimum absolute atomic E-state index is 0.330. The number of hydrogen-bond donors (Lipinski definition) is 1. The van der Waals surface area contributed by atoms with E-state index in [9.17, 15) is 13.2 Å². The van der Waals surface area contributed by atoms with Gasteiger partial charge >= 0.3 is 5.97 Å². The fourth-order valence-electron chi connectivity index (χ4n) is 1.83. The van der Waals surface area contributed by atoms with Gasteiger partial charge in [-0.2, -0.15) is 5.10 Å². The third-order valence-electron chi connectivity index (χ3n) is 2.93. The van der Waals surface area contributed by atoms with Crippen LogP contribution in [0, 0.1) is 0 Å². The Morgan fingerprint density at radius 3 is 2.62 bits per heavy atom. The molecule has 0 aliphatic rings. The molecule has 0 fully saturated rings. The minimum Gasteiger partial charge on any atom is -0.475 e. The van der Waals surface area contributed by atoms with Gasteiger partial charge in [-0.05, 0) is 34.5 Å². The number of rotatable bonds is 5. The van der Waals surface area contributed by atoms with Gasteiger partial charge in [0.05, 0.1) is 15.9 Å². The second kappa shape index (κ2) is 5.64. The Balaban J connectivity index is 2.37. The lowest BCUT2D eigenvalue weighted by Gasteiger charge is -2.03. The van der Waals surface area contributed by atoms with E-state index in [2.05, 4.69) is 21.0 Å². The summed E-state index contributed by atoms with van der Waals surface area (Å²) in [7, 11) is -2.13. The molecule has 1 N–H and O–H groups in total. The molecule has 7 nitrogen and oxygen atoms in total. The summed E-state index contributed by atoms with van der Waals surface area (Å²) < 4.78 is 31.6. The third kappa shape index (κ3) is 3.03. The molecule has 0 amide bonds. The molecule has 2 rings (SSSR count). The van der Waals surface area contributed by atoms with Crippen LogP contribution in [0.4, 0.5) is 0 Å². The van der Waals surface area contributed by atoms with Crippen LogP contribution in [0.25, 0.3) is 0 Å². The lowest BCUT2D eigenvalue weighted by molar-refractivity contribution is 0.0656. The highest BCUT2D eigenvalue weighted by Gasteiger charge is 2.25.